The van der Waals surface area contributed by atoms with Gasteiger partial charge < -0.3 is 19.2 Å². The Bertz CT molecular complexity index is 1170. The summed E-state index contributed by atoms with van der Waals surface area (Å²) in [6, 6.07) is 15.0. The average molecular weight is 436 g/mol. The van der Waals surface area contributed by atoms with Crippen LogP contribution >= 0.6 is 11.3 Å². The summed E-state index contributed by atoms with van der Waals surface area (Å²) in [6.45, 7) is 0. The zero-order valence-corrected chi connectivity index (χ0v) is 17.8. The van der Waals surface area contributed by atoms with Crippen molar-refractivity contribution in [3.05, 3.63) is 59.8 Å². The quantitative estimate of drug-likeness (QED) is 0.436. The molecule has 0 aliphatic carbocycles. The van der Waals surface area contributed by atoms with Gasteiger partial charge in [-0.15, -0.1) is 21.5 Å². The highest BCUT2D eigenvalue weighted by atomic mass is 32.1. The molecule has 0 unspecified atom stereocenters. The number of nitrogens with zero attached hydrogens (tertiary/aromatic N) is 3. The fourth-order valence-corrected chi connectivity index (χ4v) is 3.65. The number of anilines is 1. The number of rotatable bonds is 8. The maximum atomic E-state index is 12.4. The molecule has 0 fully saturated rings. The molecule has 0 saturated carbocycles. The van der Waals surface area contributed by atoms with Crippen molar-refractivity contribution in [1.82, 2.24) is 15.2 Å². The lowest BCUT2D eigenvalue weighted by Gasteiger charge is -2.08. The van der Waals surface area contributed by atoms with Crippen LogP contribution in [0.25, 0.3) is 22.7 Å². The van der Waals surface area contributed by atoms with Gasteiger partial charge in [0, 0.05) is 29.3 Å². The van der Waals surface area contributed by atoms with E-state index in [4.69, 9.17) is 13.9 Å². The van der Waals surface area contributed by atoms with Gasteiger partial charge in [-0.2, -0.15) is 0 Å². The van der Waals surface area contributed by atoms with E-state index in [2.05, 4.69) is 20.5 Å². The van der Waals surface area contributed by atoms with Crippen LogP contribution in [0.1, 0.15) is 12.3 Å². The average Bonchev–Trinajstić information content (AvgIpc) is 3.47. The predicted molar refractivity (Wildman–Crippen MR) is 117 cm³/mol. The summed E-state index contributed by atoms with van der Waals surface area (Å²) < 4.78 is 16.3. The molecule has 2 aromatic carbocycles. The van der Waals surface area contributed by atoms with E-state index in [1.807, 2.05) is 53.9 Å². The van der Waals surface area contributed by atoms with Crippen LogP contribution in [0, 0.1) is 0 Å². The smallest absolute Gasteiger partial charge is 0.247 e. The molecule has 0 bridgehead atoms. The molecule has 0 aliphatic heterocycles. The Kier molecular flexibility index (Phi) is 6.23. The molecule has 158 valence electrons. The number of nitrogens with one attached hydrogen (secondary N) is 1. The maximum Gasteiger partial charge on any atom is 0.247 e. The first-order valence-electron chi connectivity index (χ1n) is 9.52. The van der Waals surface area contributed by atoms with Gasteiger partial charge in [0.05, 0.1) is 19.9 Å². The molecular formula is C22H20N4O4S. The van der Waals surface area contributed by atoms with Crippen LogP contribution in [-0.4, -0.2) is 35.3 Å². The van der Waals surface area contributed by atoms with E-state index in [1.165, 1.54) is 11.3 Å². The van der Waals surface area contributed by atoms with Gasteiger partial charge in [-0.3, -0.25) is 4.79 Å². The number of aryl methyl sites for hydroxylation is 1. The van der Waals surface area contributed by atoms with Gasteiger partial charge in [0.15, 0.2) is 5.13 Å². The summed E-state index contributed by atoms with van der Waals surface area (Å²) in [4.78, 5) is 16.9. The minimum Gasteiger partial charge on any atom is -0.497 e. The number of hydrogen-bond acceptors (Lipinski definition) is 8. The minimum atomic E-state index is -0.182. The Morgan fingerprint density at radius 2 is 1.94 bits per heavy atom. The lowest BCUT2D eigenvalue weighted by Crippen LogP contribution is -2.12. The monoisotopic (exact) mass is 436 g/mol. The first kappa shape index (κ1) is 20.5. The summed E-state index contributed by atoms with van der Waals surface area (Å²) in [6.07, 6.45) is 0.543. The fraction of sp³-hybridized carbons (Fsp3) is 0.182. The lowest BCUT2D eigenvalue weighted by atomic mass is 10.1. The van der Waals surface area contributed by atoms with Crippen LogP contribution in [-0.2, 0) is 11.2 Å². The van der Waals surface area contributed by atoms with Gasteiger partial charge >= 0.3 is 0 Å². The number of carbonyl (C=O) groups excluding carboxylic acids is 1. The van der Waals surface area contributed by atoms with Crippen molar-refractivity contribution >= 4 is 22.4 Å². The highest BCUT2D eigenvalue weighted by Crippen LogP contribution is 2.35. The van der Waals surface area contributed by atoms with Crippen LogP contribution < -0.4 is 14.8 Å². The Morgan fingerprint density at radius 1 is 1.10 bits per heavy atom. The molecule has 1 N–H and O–H groups in total. The molecule has 0 spiro atoms. The number of benzene rings is 2. The van der Waals surface area contributed by atoms with Gasteiger partial charge in [0.2, 0.25) is 17.7 Å². The number of amides is 1. The van der Waals surface area contributed by atoms with Crippen molar-refractivity contribution in [1.29, 1.82) is 0 Å². The third kappa shape index (κ3) is 4.89. The first-order valence-corrected chi connectivity index (χ1v) is 10.4. The van der Waals surface area contributed by atoms with E-state index < -0.39 is 0 Å². The molecule has 0 aliphatic rings. The van der Waals surface area contributed by atoms with E-state index in [0.717, 1.165) is 11.1 Å². The van der Waals surface area contributed by atoms with Crippen molar-refractivity contribution in [2.24, 2.45) is 0 Å². The minimum absolute atomic E-state index is 0.182. The number of methoxy groups -OCH3 is 2. The molecule has 2 heterocycles. The van der Waals surface area contributed by atoms with Crippen LogP contribution in [0.4, 0.5) is 5.13 Å². The first-order chi connectivity index (χ1) is 15.2. The van der Waals surface area contributed by atoms with E-state index >= 15 is 0 Å². The van der Waals surface area contributed by atoms with Crippen LogP contribution in [0.15, 0.2) is 58.3 Å². The molecule has 4 rings (SSSR count). The lowest BCUT2D eigenvalue weighted by molar-refractivity contribution is -0.116. The molecule has 31 heavy (non-hydrogen) atoms. The van der Waals surface area contributed by atoms with Crippen molar-refractivity contribution < 1.29 is 18.7 Å². The SMILES string of the molecule is COc1ccc(OC)c(-c2csc(NC(=O)CCc3nnc(-c4ccccc4)o3)n2)c1. The number of aromatic nitrogens is 3. The van der Waals surface area contributed by atoms with Crippen molar-refractivity contribution in [2.45, 2.75) is 12.8 Å². The van der Waals surface area contributed by atoms with Crippen molar-refractivity contribution in [3.63, 3.8) is 0 Å². The van der Waals surface area contributed by atoms with Crippen LogP contribution in [0.2, 0.25) is 0 Å². The zero-order chi connectivity index (χ0) is 21.6. The van der Waals surface area contributed by atoms with Gasteiger partial charge in [0.25, 0.3) is 0 Å². The summed E-state index contributed by atoms with van der Waals surface area (Å²) in [5, 5.41) is 13.2. The van der Waals surface area contributed by atoms with Gasteiger partial charge in [-0.25, -0.2) is 4.98 Å². The second-order valence-corrected chi connectivity index (χ2v) is 7.38. The molecule has 2 aromatic heterocycles. The normalized spacial score (nSPS) is 10.6. The Balaban J connectivity index is 1.37. The van der Waals surface area contributed by atoms with Gasteiger partial charge in [0.1, 0.15) is 11.5 Å². The molecule has 0 atom stereocenters. The van der Waals surface area contributed by atoms with Gasteiger partial charge in [-0.05, 0) is 30.3 Å². The van der Waals surface area contributed by atoms with E-state index in [0.29, 0.717) is 40.5 Å². The number of carbonyl (C=O) groups is 1. The number of hydrogen-bond donors (Lipinski definition) is 1. The predicted octanol–water partition coefficient (Wildman–Crippen LogP) is 4.45. The zero-order valence-electron chi connectivity index (χ0n) is 17.0. The third-order valence-corrected chi connectivity index (χ3v) is 5.24. The Hall–Kier alpha value is -3.72. The summed E-state index contributed by atoms with van der Waals surface area (Å²) in [5.74, 6) is 2.04. The molecule has 8 nitrogen and oxygen atoms in total. The highest BCUT2D eigenvalue weighted by molar-refractivity contribution is 7.14. The second-order valence-electron chi connectivity index (χ2n) is 6.52. The number of thiazole rings is 1. The van der Waals surface area contributed by atoms with Crippen molar-refractivity contribution in [3.8, 4) is 34.2 Å². The number of ether oxygens (including phenoxy) is 2. The van der Waals surface area contributed by atoms with E-state index in [-0.39, 0.29) is 12.3 Å². The summed E-state index contributed by atoms with van der Waals surface area (Å²) in [5.41, 5.74) is 2.33. The molecule has 9 heteroatoms. The molecular weight excluding hydrogens is 416 g/mol. The fourth-order valence-electron chi connectivity index (χ4n) is 2.92. The summed E-state index contributed by atoms with van der Waals surface area (Å²) in [7, 11) is 3.20. The molecule has 0 saturated heterocycles. The third-order valence-electron chi connectivity index (χ3n) is 4.49. The topological polar surface area (TPSA) is 99.4 Å². The summed E-state index contributed by atoms with van der Waals surface area (Å²) >= 11 is 1.34. The molecule has 1 amide bonds. The maximum absolute atomic E-state index is 12.4. The van der Waals surface area contributed by atoms with Gasteiger partial charge in [-0.1, -0.05) is 18.2 Å². The van der Waals surface area contributed by atoms with Crippen molar-refractivity contribution in [2.75, 3.05) is 19.5 Å². The van der Waals surface area contributed by atoms with Crippen LogP contribution in [0.5, 0.6) is 11.5 Å². The van der Waals surface area contributed by atoms with E-state index in [1.54, 1.807) is 14.2 Å². The Labute approximate surface area is 182 Å². The Morgan fingerprint density at radius 3 is 2.71 bits per heavy atom. The molecule has 0 radical (unpaired) electrons. The highest BCUT2D eigenvalue weighted by Gasteiger charge is 2.14. The second kappa shape index (κ2) is 9.40. The molecule has 4 aromatic rings. The largest absolute Gasteiger partial charge is 0.497 e. The van der Waals surface area contributed by atoms with E-state index in [9.17, 15) is 4.79 Å². The van der Waals surface area contributed by atoms with Crippen LogP contribution in [0.3, 0.4) is 0 Å². The standard InChI is InChI=1S/C22H20N4O4S/c1-28-15-8-9-18(29-2)16(12-15)17-13-31-22(23-17)24-19(27)10-11-20-25-26-21(30-20)14-6-4-3-5-7-14/h3-9,12-13H,10-11H2,1-2H3,(H,23,24,27).